The molecule has 0 aromatic carbocycles. The van der Waals surface area contributed by atoms with E-state index >= 15 is 0 Å². The fourth-order valence-corrected chi connectivity index (χ4v) is 2.11. The monoisotopic (exact) mass is 299 g/mol. The van der Waals surface area contributed by atoms with E-state index in [1.165, 1.54) is 6.33 Å². The largest absolute Gasteiger partial charge is 0.350 e. The average molecular weight is 299 g/mol. The summed E-state index contributed by atoms with van der Waals surface area (Å²) >= 11 is 0. The lowest BCUT2D eigenvalue weighted by Crippen LogP contribution is -2.26. The normalized spacial score (nSPS) is 11.2. The van der Waals surface area contributed by atoms with E-state index < -0.39 is 0 Å². The molecule has 0 radical (unpaired) electrons. The Kier molecular flexibility index (Phi) is 3.82. The number of carbonyl (C=O) groups excluding carboxylic acids is 1. The molecule has 0 saturated carbocycles. The van der Waals surface area contributed by atoms with Crippen LogP contribution in [0.3, 0.4) is 0 Å². The van der Waals surface area contributed by atoms with Crippen LogP contribution < -0.4 is 5.32 Å². The molecule has 8 nitrogen and oxygen atoms in total. The van der Waals surface area contributed by atoms with Crippen LogP contribution in [0.4, 0.5) is 0 Å². The van der Waals surface area contributed by atoms with Crippen LogP contribution in [0.5, 0.6) is 0 Å². The molecule has 8 heteroatoms. The molecule has 0 saturated heterocycles. The van der Waals surface area contributed by atoms with Gasteiger partial charge in [0.15, 0.2) is 5.65 Å². The predicted molar refractivity (Wildman–Crippen MR) is 80.3 cm³/mol. The lowest BCUT2D eigenvalue weighted by Gasteiger charge is -2.06. The van der Waals surface area contributed by atoms with Crippen LogP contribution in [0.1, 0.15) is 30.2 Å². The molecule has 0 atom stereocenters. The minimum absolute atomic E-state index is 0.132. The summed E-state index contributed by atoms with van der Waals surface area (Å²) in [6.45, 7) is 5.13. The predicted octanol–water partition coefficient (Wildman–Crippen LogP) is 1.03. The highest BCUT2D eigenvalue weighted by Gasteiger charge is 2.10. The van der Waals surface area contributed by atoms with Crippen molar-refractivity contribution in [2.24, 2.45) is 0 Å². The van der Waals surface area contributed by atoms with Crippen LogP contribution in [0.25, 0.3) is 11.2 Å². The molecule has 3 heterocycles. The maximum absolute atomic E-state index is 12.1. The number of rotatable bonds is 5. The molecular formula is C14H17N7O. The Morgan fingerprint density at radius 2 is 2.18 bits per heavy atom. The van der Waals surface area contributed by atoms with Crippen LogP contribution in [0.15, 0.2) is 31.2 Å². The molecule has 22 heavy (non-hydrogen) atoms. The molecule has 0 aliphatic carbocycles. The second kappa shape index (κ2) is 5.92. The quantitative estimate of drug-likeness (QED) is 0.760. The highest BCUT2D eigenvalue weighted by atomic mass is 16.1. The Morgan fingerprint density at radius 1 is 1.32 bits per heavy atom. The van der Waals surface area contributed by atoms with E-state index in [1.54, 1.807) is 29.6 Å². The maximum atomic E-state index is 12.1. The molecule has 0 spiro atoms. The van der Waals surface area contributed by atoms with Gasteiger partial charge < -0.3 is 9.88 Å². The van der Waals surface area contributed by atoms with Gasteiger partial charge in [0.1, 0.15) is 11.8 Å². The maximum Gasteiger partial charge on any atom is 0.254 e. The standard InChI is InChI=1S/C14H17N7O/c1-10(2)21-7-11(5-19-21)14(22)16-3-4-20-9-18-13-12(20)6-15-8-17-13/h5-10H,3-4H2,1-2H3,(H,16,22). The summed E-state index contributed by atoms with van der Waals surface area (Å²) in [5, 5.41) is 7.03. The van der Waals surface area contributed by atoms with E-state index in [-0.39, 0.29) is 11.9 Å². The van der Waals surface area contributed by atoms with E-state index in [2.05, 4.69) is 25.4 Å². The van der Waals surface area contributed by atoms with E-state index in [4.69, 9.17) is 0 Å². The highest BCUT2D eigenvalue weighted by molar-refractivity contribution is 5.93. The molecule has 3 aromatic heterocycles. The van der Waals surface area contributed by atoms with Crippen LogP contribution in [0, 0.1) is 0 Å². The number of imidazole rings is 1. The summed E-state index contributed by atoms with van der Waals surface area (Å²) in [6.07, 6.45) is 8.20. The zero-order valence-corrected chi connectivity index (χ0v) is 12.5. The van der Waals surface area contributed by atoms with E-state index in [0.29, 0.717) is 24.3 Å². The van der Waals surface area contributed by atoms with Gasteiger partial charge in [0.2, 0.25) is 0 Å². The zero-order valence-electron chi connectivity index (χ0n) is 12.5. The Balaban J connectivity index is 1.59. The van der Waals surface area contributed by atoms with Crippen LogP contribution >= 0.6 is 0 Å². The van der Waals surface area contributed by atoms with Crippen LogP contribution in [-0.4, -0.2) is 41.8 Å². The number of nitrogens with zero attached hydrogens (tertiary/aromatic N) is 6. The van der Waals surface area contributed by atoms with Gasteiger partial charge in [0, 0.05) is 25.3 Å². The van der Waals surface area contributed by atoms with E-state index in [9.17, 15) is 4.79 Å². The first-order chi connectivity index (χ1) is 10.6. The van der Waals surface area contributed by atoms with Gasteiger partial charge in [-0.1, -0.05) is 0 Å². The van der Waals surface area contributed by atoms with Gasteiger partial charge in [0.25, 0.3) is 5.91 Å². The first-order valence-corrected chi connectivity index (χ1v) is 7.08. The minimum Gasteiger partial charge on any atom is -0.350 e. The van der Waals surface area contributed by atoms with Gasteiger partial charge in [-0.2, -0.15) is 5.10 Å². The van der Waals surface area contributed by atoms with Gasteiger partial charge in [-0.05, 0) is 13.8 Å². The molecule has 1 N–H and O–H groups in total. The SMILES string of the molecule is CC(C)n1cc(C(=O)NCCn2cnc3ncncc32)cn1. The van der Waals surface area contributed by atoms with Gasteiger partial charge in [-0.25, -0.2) is 15.0 Å². The van der Waals surface area contributed by atoms with Gasteiger partial charge in [0.05, 0.1) is 24.3 Å². The summed E-state index contributed by atoms with van der Waals surface area (Å²) in [5.41, 5.74) is 2.07. The van der Waals surface area contributed by atoms with Gasteiger partial charge in [-0.3, -0.25) is 9.48 Å². The number of fused-ring (bicyclic) bond motifs is 1. The lowest BCUT2D eigenvalue weighted by atomic mass is 10.3. The Hall–Kier alpha value is -2.77. The number of carbonyl (C=O) groups is 1. The minimum atomic E-state index is -0.132. The van der Waals surface area contributed by atoms with Crippen molar-refractivity contribution in [1.82, 2.24) is 34.6 Å². The Bertz CT molecular complexity index is 789. The second-order valence-corrected chi connectivity index (χ2v) is 5.23. The number of hydrogen-bond acceptors (Lipinski definition) is 5. The fourth-order valence-electron chi connectivity index (χ4n) is 2.11. The van der Waals surface area contributed by atoms with Crippen molar-refractivity contribution in [2.45, 2.75) is 26.4 Å². The molecule has 0 unspecified atom stereocenters. The lowest BCUT2D eigenvalue weighted by molar-refractivity contribution is 0.0952. The van der Waals surface area contributed by atoms with Crippen molar-refractivity contribution >= 4 is 17.1 Å². The van der Waals surface area contributed by atoms with Gasteiger partial charge in [-0.15, -0.1) is 0 Å². The van der Waals surface area contributed by atoms with Crippen molar-refractivity contribution < 1.29 is 4.79 Å². The summed E-state index contributed by atoms with van der Waals surface area (Å²) in [5.74, 6) is -0.132. The van der Waals surface area contributed by atoms with E-state index in [0.717, 1.165) is 5.52 Å². The van der Waals surface area contributed by atoms with Crippen molar-refractivity contribution in [3.05, 3.63) is 36.8 Å². The molecule has 3 rings (SSSR count). The number of amides is 1. The van der Waals surface area contributed by atoms with Gasteiger partial charge >= 0.3 is 0 Å². The van der Waals surface area contributed by atoms with Crippen molar-refractivity contribution in [1.29, 1.82) is 0 Å². The molecular weight excluding hydrogens is 282 g/mol. The fraction of sp³-hybridized carbons (Fsp3) is 0.357. The van der Waals surface area contributed by atoms with Crippen molar-refractivity contribution in [3.63, 3.8) is 0 Å². The summed E-state index contributed by atoms with van der Waals surface area (Å²) in [4.78, 5) is 24.3. The third kappa shape index (κ3) is 2.80. The number of aromatic nitrogens is 6. The van der Waals surface area contributed by atoms with E-state index in [1.807, 2.05) is 18.4 Å². The average Bonchev–Trinajstić information content (AvgIpc) is 3.14. The first kappa shape index (κ1) is 14.2. The summed E-state index contributed by atoms with van der Waals surface area (Å²) in [6, 6.07) is 0.235. The number of nitrogens with one attached hydrogen (secondary N) is 1. The third-order valence-electron chi connectivity index (χ3n) is 3.33. The molecule has 1 amide bonds. The zero-order chi connectivity index (χ0) is 15.5. The Labute approximate surface area is 127 Å². The molecule has 114 valence electrons. The van der Waals surface area contributed by atoms with Crippen molar-refractivity contribution in [3.8, 4) is 0 Å². The first-order valence-electron chi connectivity index (χ1n) is 7.08. The third-order valence-corrected chi connectivity index (χ3v) is 3.33. The Morgan fingerprint density at radius 3 is 2.95 bits per heavy atom. The molecule has 3 aromatic rings. The number of hydrogen-bond donors (Lipinski definition) is 1. The molecule has 0 fully saturated rings. The topological polar surface area (TPSA) is 90.5 Å². The summed E-state index contributed by atoms with van der Waals surface area (Å²) in [7, 11) is 0. The summed E-state index contributed by atoms with van der Waals surface area (Å²) < 4.78 is 3.67. The molecule has 0 bridgehead atoms. The smallest absolute Gasteiger partial charge is 0.254 e. The van der Waals surface area contributed by atoms with Crippen LogP contribution in [0.2, 0.25) is 0 Å². The second-order valence-electron chi connectivity index (χ2n) is 5.23. The van der Waals surface area contributed by atoms with Crippen LogP contribution in [-0.2, 0) is 6.54 Å². The van der Waals surface area contributed by atoms with Crippen molar-refractivity contribution in [2.75, 3.05) is 6.54 Å². The highest BCUT2D eigenvalue weighted by Crippen LogP contribution is 2.07. The molecule has 0 aliphatic rings. The molecule has 0 aliphatic heterocycles.